The first-order valence-corrected chi connectivity index (χ1v) is 4.59. The van der Waals surface area contributed by atoms with E-state index in [0.717, 1.165) is 5.69 Å². The van der Waals surface area contributed by atoms with Gasteiger partial charge in [-0.25, -0.2) is 0 Å². The zero-order valence-electron chi connectivity index (χ0n) is 7.76. The lowest BCUT2D eigenvalue weighted by Gasteiger charge is -2.18. The quantitative estimate of drug-likeness (QED) is 0.610. The van der Waals surface area contributed by atoms with Crippen LogP contribution in [0.2, 0.25) is 0 Å². The molecular formula is C10H14ClN. The first-order valence-electron chi connectivity index (χ1n) is 4.05. The van der Waals surface area contributed by atoms with Crippen molar-refractivity contribution in [3.05, 3.63) is 29.6 Å². The molecule has 0 fully saturated rings. The highest BCUT2D eigenvalue weighted by Gasteiger charge is 2.13. The number of halogens is 1. The molecule has 0 aliphatic rings. The number of pyridine rings is 1. The second-order valence-electron chi connectivity index (χ2n) is 3.92. The summed E-state index contributed by atoms with van der Waals surface area (Å²) in [5.41, 5.74) is 2.42. The summed E-state index contributed by atoms with van der Waals surface area (Å²) < 4.78 is 0. The summed E-state index contributed by atoms with van der Waals surface area (Å²) in [6, 6.07) is 4.10. The van der Waals surface area contributed by atoms with Crippen molar-refractivity contribution < 1.29 is 0 Å². The molecule has 1 nitrogen and oxygen atoms in total. The number of alkyl halides is 1. The summed E-state index contributed by atoms with van der Waals surface area (Å²) in [5, 5.41) is 0. The van der Waals surface area contributed by atoms with Crippen LogP contribution in [0.3, 0.4) is 0 Å². The number of nitrogens with zero attached hydrogens (tertiary/aromatic N) is 1. The molecule has 0 N–H and O–H groups in total. The molecule has 1 aromatic rings. The molecule has 1 aromatic heterocycles. The van der Waals surface area contributed by atoms with Crippen molar-refractivity contribution >= 4 is 11.6 Å². The van der Waals surface area contributed by atoms with Crippen molar-refractivity contribution in [2.24, 2.45) is 0 Å². The molecule has 0 bridgehead atoms. The van der Waals surface area contributed by atoms with Crippen molar-refractivity contribution in [3.8, 4) is 0 Å². The van der Waals surface area contributed by atoms with E-state index >= 15 is 0 Å². The van der Waals surface area contributed by atoms with Crippen molar-refractivity contribution in [2.75, 3.05) is 0 Å². The molecule has 0 saturated heterocycles. The third-order valence-corrected chi connectivity index (χ3v) is 2.09. The van der Waals surface area contributed by atoms with Gasteiger partial charge in [-0.15, -0.1) is 11.6 Å². The Morgan fingerprint density at radius 1 is 1.42 bits per heavy atom. The summed E-state index contributed by atoms with van der Waals surface area (Å²) in [6.45, 7) is 6.54. The first kappa shape index (κ1) is 9.53. The Morgan fingerprint density at radius 2 is 2.08 bits per heavy atom. The molecule has 0 aromatic carbocycles. The molecule has 0 atom stereocenters. The fraction of sp³-hybridized carbons (Fsp3) is 0.500. The van der Waals surface area contributed by atoms with E-state index < -0.39 is 0 Å². The van der Waals surface area contributed by atoms with Gasteiger partial charge < -0.3 is 0 Å². The van der Waals surface area contributed by atoms with Gasteiger partial charge in [0.05, 0.1) is 11.6 Å². The Labute approximate surface area is 78.8 Å². The normalized spacial score (nSPS) is 11.7. The van der Waals surface area contributed by atoms with Crippen molar-refractivity contribution in [1.82, 2.24) is 4.98 Å². The van der Waals surface area contributed by atoms with Crippen molar-refractivity contribution in [1.29, 1.82) is 0 Å². The fourth-order valence-electron chi connectivity index (χ4n) is 1.02. The van der Waals surface area contributed by atoms with Gasteiger partial charge in [-0.1, -0.05) is 20.8 Å². The zero-order valence-corrected chi connectivity index (χ0v) is 8.52. The average Bonchev–Trinajstić information content (AvgIpc) is 2.03. The largest absolute Gasteiger partial charge is 0.260 e. The number of hydrogen-bond acceptors (Lipinski definition) is 1. The monoisotopic (exact) mass is 183 g/mol. The van der Waals surface area contributed by atoms with Crippen molar-refractivity contribution in [2.45, 2.75) is 32.1 Å². The van der Waals surface area contributed by atoms with Crippen LogP contribution in [0.25, 0.3) is 0 Å². The smallest absolute Gasteiger partial charge is 0.0647 e. The van der Waals surface area contributed by atoms with E-state index in [0.29, 0.717) is 5.88 Å². The van der Waals surface area contributed by atoms with Gasteiger partial charge in [0.15, 0.2) is 0 Å². The van der Waals surface area contributed by atoms with Crippen LogP contribution in [0.1, 0.15) is 32.0 Å². The van der Waals surface area contributed by atoms with E-state index in [1.807, 2.05) is 12.3 Å². The SMILES string of the molecule is CC(C)(C)c1ccnc(CCl)c1. The average molecular weight is 184 g/mol. The topological polar surface area (TPSA) is 12.9 Å². The van der Waals surface area contributed by atoms with Crippen molar-refractivity contribution in [3.63, 3.8) is 0 Å². The second kappa shape index (κ2) is 3.44. The van der Waals surface area contributed by atoms with Gasteiger partial charge in [0, 0.05) is 6.20 Å². The fourth-order valence-corrected chi connectivity index (χ4v) is 1.16. The lowest BCUT2D eigenvalue weighted by atomic mass is 9.87. The third-order valence-electron chi connectivity index (χ3n) is 1.82. The molecule has 0 radical (unpaired) electrons. The lowest BCUT2D eigenvalue weighted by Crippen LogP contribution is -2.11. The van der Waals surface area contributed by atoms with Gasteiger partial charge in [0.25, 0.3) is 0 Å². The Kier molecular flexibility index (Phi) is 2.73. The summed E-state index contributed by atoms with van der Waals surface area (Å²) in [7, 11) is 0. The predicted octanol–water partition coefficient (Wildman–Crippen LogP) is 3.12. The molecule has 2 heteroatoms. The van der Waals surface area contributed by atoms with Gasteiger partial charge >= 0.3 is 0 Å². The van der Waals surface area contributed by atoms with Crippen LogP contribution in [0.15, 0.2) is 18.3 Å². The van der Waals surface area contributed by atoms with Gasteiger partial charge in [0.1, 0.15) is 0 Å². The summed E-state index contributed by atoms with van der Waals surface area (Å²) >= 11 is 5.69. The number of hydrogen-bond donors (Lipinski definition) is 0. The first-order chi connectivity index (χ1) is 5.54. The molecule has 0 amide bonds. The van der Waals surface area contributed by atoms with Gasteiger partial charge in [0.2, 0.25) is 0 Å². The van der Waals surface area contributed by atoms with E-state index in [1.54, 1.807) is 0 Å². The molecule has 0 saturated carbocycles. The predicted molar refractivity (Wildman–Crippen MR) is 52.5 cm³/mol. The molecule has 1 heterocycles. The van der Waals surface area contributed by atoms with Crippen LogP contribution in [0.5, 0.6) is 0 Å². The summed E-state index contributed by atoms with van der Waals surface area (Å²) in [4.78, 5) is 4.14. The van der Waals surface area contributed by atoms with Crippen LogP contribution in [-0.2, 0) is 11.3 Å². The van der Waals surface area contributed by atoms with Crippen LogP contribution in [0.4, 0.5) is 0 Å². The zero-order chi connectivity index (χ0) is 9.19. The van der Waals surface area contributed by atoms with Gasteiger partial charge in [-0.3, -0.25) is 4.98 Å². The molecule has 1 rings (SSSR count). The minimum atomic E-state index is 0.184. The minimum absolute atomic E-state index is 0.184. The van der Waals surface area contributed by atoms with E-state index in [4.69, 9.17) is 11.6 Å². The van der Waals surface area contributed by atoms with Crippen LogP contribution in [0, 0.1) is 0 Å². The van der Waals surface area contributed by atoms with E-state index in [1.165, 1.54) is 5.56 Å². The van der Waals surface area contributed by atoms with Gasteiger partial charge in [-0.05, 0) is 23.1 Å². The Morgan fingerprint density at radius 3 is 2.58 bits per heavy atom. The Hall–Kier alpha value is -0.560. The highest BCUT2D eigenvalue weighted by atomic mass is 35.5. The minimum Gasteiger partial charge on any atom is -0.260 e. The highest BCUT2D eigenvalue weighted by molar-refractivity contribution is 6.16. The van der Waals surface area contributed by atoms with E-state index in [2.05, 4.69) is 31.8 Å². The molecule has 0 spiro atoms. The molecule has 0 aliphatic heterocycles. The standard InChI is InChI=1S/C10H14ClN/c1-10(2,3)8-4-5-12-9(6-8)7-11/h4-6H,7H2,1-3H3. The van der Waals surface area contributed by atoms with E-state index in [9.17, 15) is 0 Å². The van der Waals surface area contributed by atoms with Crippen LogP contribution in [-0.4, -0.2) is 4.98 Å². The Bertz CT molecular complexity index is 263. The number of rotatable bonds is 1. The molecule has 0 unspecified atom stereocenters. The second-order valence-corrected chi connectivity index (χ2v) is 4.19. The van der Waals surface area contributed by atoms with E-state index in [-0.39, 0.29) is 5.41 Å². The molecule has 66 valence electrons. The maximum Gasteiger partial charge on any atom is 0.0647 e. The highest BCUT2D eigenvalue weighted by Crippen LogP contribution is 2.22. The van der Waals surface area contributed by atoms with Gasteiger partial charge in [-0.2, -0.15) is 0 Å². The third kappa shape index (κ3) is 2.21. The maximum absolute atomic E-state index is 5.69. The Balaban J connectivity index is 3.02. The lowest BCUT2D eigenvalue weighted by molar-refractivity contribution is 0.588. The summed E-state index contributed by atoms with van der Waals surface area (Å²) in [6.07, 6.45) is 1.82. The molecule has 0 aliphatic carbocycles. The molecule has 12 heavy (non-hydrogen) atoms. The summed E-state index contributed by atoms with van der Waals surface area (Å²) in [5.74, 6) is 0.490. The maximum atomic E-state index is 5.69. The number of aromatic nitrogens is 1. The van der Waals surface area contributed by atoms with Crippen LogP contribution >= 0.6 is 11.6 Å². The molecular weight excluding hydrogens is 170 g/mol. The van der Waals surface area contributed by atoms with Crippen LogP contribution < -0.4 is 0 Å².